The van der Waals surface area contributed by atoms with Gasteiger partial charge in [0.05, 0.1) is 6.20 Å². The lowest BCUT2D eigenvalue weighted by atomic mass is 10.1. The molecule has 4 nitrogen and oxygen atoms in total. The number of aromatic hydroxyl groups is 1. The summed E-state index contributed by atoms with van der Waals surface area (Å²) in [4.78, 5) is 0. The van der Waals surface area contributed by atoms with Gasteiger partial charge in [-0.25, -0.2) is 4.39 Å². The Kier molecular flexibility index (Phi) is 3.39. The zero-order valence-corrected chi connectivity index (χ0v) is 9.44. The Labute approximate surface area is 98.5 Å². The van der Waals surface area contributed by atoms with Gasteiger partial charge in [-0.1, -0.05) is 6.07 Å². The first-order valence-corrected chi connectivity index (χ1v) is 5.36. The van der Waals surface area contributed by atoms with Crippen LogP contribution in [0.2, 0.25) is 0 Å². The van der Waals surface area contributed by atoms with Crippen molar-refractivity contribution in [2.45, 2.75) is 19.5 Å². The summed E-state index contributed by atoms with van der Waals surface area (Å²) in [6.45, 7) is 2.54. The van der Waals surface area contributed by atoms with Crippen molar-refractivity contribution in [2.75, 3.05) is 0 Å². The van der Waals surface area contributed by atoms with Crippen LogP contribution in [0.3, 0.4) is 0 Å². The lowest BCUT2D eigenvalue weighted by molar-refractivity contribution is 0.446. The van der Waals surface area contributed by atoms with E-state index in [2.05, 4.69) is 15.5 Å². The second-order valence-corrected chi connectivity index (χ2v) is 3.91. The summed E-state index contributed by atoms with van der Waals surface area (Å²) in [5.74, 6) is -0.467. The van der Waals surface area contributed by atoms with E-state index in [1.54, 1.807) is 18.5 Å². The van der Waals surface area contributed by atoms with Crippen molar-refractivity contribution in [1.29, 1.82) is 0 Å². The van der Waals surface area contributed by atoms with E-state index in [1.807, 2.05) is 6.92 Å². The van der Waals surface area contributed by atoms with E-state index in [9.17, 15) is 9.50 Å². The average Bonchev–Trinajstić information content (AvgIpc) is 2.78. The molecule has 17 heavy (non-hydrogen) atoms. The molecule has 5 heteroatoms. The van der Waals surface area contributed by atoms with E-state index < -0.39 is 5.82 Å². The molecule has 0 radical (unpaired) electrons. The topological polar surface area (TPSA) is 60.9 Å². The number of aromatic nitrogens is 2. The van der Waals surface area contributed by atoms with Crippen molar-refractivity contribution in [3.05, 3.63) is 47.5 Å². The summed E-state index contributed by atoms with van der Waals surface area (Å²) >= 11 is 0. The number of aromatic amines is 1. The summed E-state index contributed by atoms with van der Waals surface area (Å²) in [7, 11) is 0. The summed E-state index contributed by atoms with van der Waals surface area (Å²) in [5.41, 5.74) is 1.70. The first-order chi connectivity index (χ1) is 8.16. The van der Waals surface area contributed by atoms with Crippen LogP contribution in [0.15, 0.2) is 30.6 Å². The summed E-state index contributed by atoms with van der Waals surface area (Å²) < 4.78 is 12.8. The van der Waals surface area contributed by atoms with E-state index in [-0.39, 0.29) is 11.8 Å². The van der Waals surface area contributed by atoms with Crippen molar-refractivity contribution < 1.29 is 9.50 Å². The third kappa shape index (κ3) is 2.82. The number of rotatable bonds is 4. The summed E-state index contributed by atoms with van der Waals surface area (Å²) in [5, 5.41) is 19.4. The van der Waals surface area contributed by atoms with Crippen LogP contribution in [0.4, 0.5) is 4.39 Å². The van der Waals surface area contributed by atoms with E-state index in [0.29, 0.717) is 12.1 Å². The van der Waals surface area contributed by atoms with Gasteiger partial charge in [0.15, 0.2) is 0 Å². The Morgan fingerprint density at radius 1 is 1.53 bits per heavy atom. The molecule has 3 N–H and O–H groups in total. The molecule has 1 unspecified atom stereocenters. The molecule has 0 aliphatic heterocycles. The number of nitrogens with zero attached hydrogens (tertiary/aromatic N) is 1. The first kappa shape index (κ1) is 11.6. The van der Waals surface area contributed by atoms with Crippen molar-refractivity contribution >= 4 is 0 Å². The highest BCUT2D eigenvalue weighted by atomic mass is 19.1. The highest BCUT2D eigenvalue weighted by molar-refractivity contribution is 5.34. The number of phenols is 1. The predicted molar refractivity (Wildman–Crippen MR) is 61.9 cm³/mol. The van der Waals surface area contributed by atoms with Gasteiger partial charge in [-0.3, -0.25) is 5.10 Å². The van der Waals surface area contributed by atoms with Crippen LogP contribution in [0.1, 0.15) is 24.1 Å². The summed E-state index contributed by atoms with van der Waals surface area (Å²) in [6.07, 6.45) is 3.52. The van der Waals surface area contributed by atoms with Gasteiger partial charge in [0.25, 0.3) is 0 Å². The van der Waals surface area contributed by atoms with Crippen LogP contribution < -0.4 is 5.32 Å². The fourth-order valence-corrected chi connectivity index (χ4v) is 1.64. The molecule has 2 aromatic rings. The molecule has 1 aromatic heterocycles. The quantitative estimate of drug-likeness (QED) is 0.760. The lowest BCUT2D eigenvalue weighted by Gasteiger charge is -2.14. The zero-order chi connectivity index (χ0) is 12.3. The normalized spacial score (nSPS) is 12.6. The maximum atomic E-state index is 12.8. The molecule has 1 heterocycles. The monoisotopic (exact) mass is 235 g/mol. The number of hydrogen-bond acceptors (Lipinski definition) is 3. The van der Waals surface area contributed by atoms with Gasteiger partial charge in [0, 0.05) is 36.0 Å². The van der Waals surface area contributed by atoms with Crippen molar-refractivity contribution in [2.24, 2.45) is 0 Å². The van der Waals surface area contributed by atoms with E-state index in [4.69, 9.17) is 0 Å². The average molecular weight is 235 g/mol. The van der Waals surface area contributed by atoms with Gasteiger partial charge in [0.1, 0.15) is 11.6 Å². The highest BCUT2D eigenvalue weighted by Crippen LogP contribution is 2.24. The van der Waals surface area contributed by atoms with Gasteiger partial charge in [-0.2, -0.15) is 5.10 Å². The molecule has 0 aliphatic carbocycles. The molecule has 0 bridgehead atoms. The third-order valence-electron chi connectivity index (χ3n) is 2.63. The molecule has 0 saturated heterocycles. The van der Waals surface area contributed by atoms with Gasteiger partial charge < -0.3 is 10.4 Å². The number of phenolic OH excluding ortho intramolecular Hbond substituents is 1. The minimum atomic E-state index is -0.437. The van der Waals surface area contributed by atoms with Crippen LogP contribution in [0.5, 0.6) is 5.75 Å². The largest absolute Gasteiger partial charge is 0.508 e. The fraction of sp³-hybridized carbons (Fsp3) is 0.250. The minimum absolute atomic E-state index is 0.0304. The van der Waals surface area contributed by atoms with Crippen LogP contribution in [0.25, 0.3) is 0 Å². The number of H-pyrrole nitrogens is 1. The Morgan fingerprint density at radius 2 is 2.35 bits per heavy atom. The second kappa shape index (κ2) is 4.97. The molecule has 2 rings (SSSR count). The number of benzene rings is 1. The molecule has 90 valence electrons. The number of nitrogens with one attached hydrogen (secondary N) is 2. The molecule has 0 fully saturated rings. The molecule has 0 aliphatic rings. The van der Waals surface area contributed by atoms with E-state index in [0.717, 1.165) is 11.6 Å². The summed E-state index contributed by atoms with van der Waals surface area (Å²) in [6, 6.07) is 3.97. The zero-order valence-electron chi connectivity index (χ0n) is 9.44. The second-order valence-electron chi connectivity index (χ2n) is 3.91. The van der Waals surface area contributed by atoms with Crippen molar-refractivity contribution in [3.63, 3.8) is 0 Å². The van der Waals surface area contributed by atoms with Crippen LogP contribution in [0, 0.1) is 5.82 Å². The fourth-order valence-electron chi connectivity index (χ4n) is 1.64. The van der Waals surface area contributed by atoms with Gasteiger partial charge in [-0.05, 0) is 13.0 Å². The van der Waals surface area contributed by atoms with Gasteiger partial charge in [-0.15, -0.1) is 0 Å². The molecule has 0 saturated carbocycles. The molecular weight excluding hydrogens is 221 g/mol. The van der Waals surface area contributed by atoms with E-state index in [1.165, 1.54) is 6.07 Å². The molecular formula is C12H14FN3O. The van der Waals surface area contributed by atoms with Gasteiger partial charge >= 0.3 is 0 Å². The van der Waals surface area contributed by atoms with Crippen LogP contribution in [-0.2, 0) is 6.54 Å². The molecule has 1 atom stereocenters. The first-order valence-electron chi connectivity index (χ1n) is 5.36. The smallest absolute Gasteiger partial charge is 0.126 e. The molecule has 0 amide bonds. The van der Waals surface area contributed by atoms with Crippen LogP contribution in [-0.4, -0.2) is 15.3 Å². The Morgan fingerprint density at radius 3 is 3.00 bits per heavy atom. The minimum Gasteiger partial charge on any atom is -0.508 e. The molecule has 1 aromatic carbocycles. The van der Waals surface area contributed by atoms with Crippen LogP contribution >= 0.6 is 0 Å². The van der Waals surface area contributed by atoms with Crippen molar-refractivity contribution in [1.82, 2.24) is 15.5 Å². The number of hydrogen-bond donors (Lipinski definition) is 3. The Hall–Kier alpha value is -1.88. The van der Waals surface area contributed by atoms with Gasteiger partial charge in [0.2, 0.25) is 0 Å². The van der Waals surface area contributed by atoms with E-state index >= 15 is 0 Å². The predicted octanol–water partition coefficient (Wildman–Crippen LogP) is 2.11. The number of halogens is 1. The molecule has 0 spiro atoms. The Bertz CT molecular complexity index is 485. The Balaban J connectivity index is 2.01. The maximum Gasteiger partial charge on any atom is 0.126 e. The maximum absolute atomic E-state index is 12.8. The SMILES string of the molecule is CC(NCc1cn[nH]c1)c1ccc(F)cc1O. The third-order valence-corrected chi connectivity index (χ3v) is 2.63. The van der Waals surface area contributed by atoms with Crippen molar-refractivity contribution in [3.8, 4) is 5.75 Å². The lowest BCUT2D eigenvalue weighted by Crippen LogP contribution is -2.17. The standard InChI is InChI=1S/C12H14FN3O/c1-8(14-5-9-6-15-16-7-9)11-3-2-10(13)4-12(11)17/h2-4,6-8,14,17H,5H2,1H3,(H,15,16). The highest BCUT2D eigenvalue weighted by Gasteiger charge is 2.10.